The van der Waals surface area contributed by atoms with E-state index in [1.165, 1.54) is 44.8 Å². The van der Waals surface area contributed by atoms with E-state index in [0.717, 1.165) is 26.1 Å². The Morgan fingerprint density at radius 2 is 1.19 bits per heavy atom. The Kier molecular flexibility index (Phi) is 10.7. The Bertz CT molecular complexity index is 843. The normalized spacial score (nSPS) is 13.9. The topological polar surface area (TPSA) is 9.72 Å². The molecule has 0 N–H and O–H groups in total. The molecule has 1 fully saturated rings. The molecule has 0 spiro atoms. The first-order chi connectivity index (χ1) is 15.0. The Morgan fingerprint density at radius 3 is 1.50 bits per heavy atom. The molecule has 0 saturated carbocycles. The molecule has 2 aromatic carbocycles. The number of nitrogens with zero attached hydrogens (tertiary/aromatic N) is 3. The molecule has 0 aromatic heterocycles. The summed E-state index contributed by atoms with van der Waals surface area (Å²) in [6.45, 7) is 18.6. The third-order valence-corrected chi connectivity index (χ3v) is 7.82. The van der Waals surface area contributed by atoms with Gasteiger partial charge >= 0.3 is 69.5 Å². The first kappa shape index (κ1) is 27.3. The van der Waals surface area contributed by atoms with Gasteiger partial charge in [-0.25, -0.2) is 0 Å². The third kappa shape index (κ3) is 7.84. The van der Waals surface area contributed by atoms with Crippen LogP contribution in [0.1, 0.15) is 39.8 Å². The van der Waals surface area contributed by atoms with Crippen molar-refractivity contribution in [2.24, 2.45) is 0 Å². The monoisotopic (exact) mass is 564 g/mol. The Labute approximate surface area is 208 Å². The number of aryl methyl sites for hydroxylation is 6. The standard InChI is InChI=1S/C21H27N2.C5H11N.2ClH.Ru/c1-14-9-16(3)20(17(4)10-14)22-7-8-23(13-22)21-18(5)11-15(2)12-19(21)6;1-4-5-6(2)3;;;/h9-13H,7-8H2,1-6H3;1H,4-5H2,2-3H3;2*1H;/q-1;;;;+2/p-2. The van der Waals surface area contributed by atoms with Gasteiger partial charge in [0.25, 0.3) is 0 Å². The van der Waals surface area contributed by atoms with Gasteiger partial charge in [-0.1, -0.05) is 35.4 Å². The fourth-order valence-corrected chi connectivity index (χ4v) is 5.99. The van der Waals surface area contributed by atoms with Crippen LogP contribution in [-0.2, 0) is 13.5 Å². The summed E-state index contributed by atoms with van der Waals surface area (Å²) in [5.41, 5.74) is 10.8. The van der Waals surface area contributed by atoms with E-state index in [2.05, 4.69) is 87.2 Å². The first-order valence-corrected chi connectivity index (χ1v) is 16.5. The van der Waals surface area contributed by atoms with E-state index in [9.17, 15) is 0 Å². The maximum Gasteiger partial charge on any atom is 0.0146 e. The summed E-state index contributed by atoms with van der Waals surface area (Å²) >= 11 is -1.47. The Hall–Kier alpha value is -0.927. The van der Waals surface area contributed by atoms with Crippen LogP contribution in [-0.4, -0.2) is 43.2 Å². The zero-order valence-corrected chi connectivity index (χ0v) is 24.0. The van der Waals surface area contributed by atoms with Crippen LogP contribution in [0.4, 0.5) is 11.4 Å². The van der Waals surface area contributed by atoms with Gasteiger partial charge in [0.05, 0.1) is 0 Å². The van der Waals surface area contributed by atoms with Gasteiger partial charge in [-0.2, -0.15) is 6.67 Å². The van der Waals surface area contributed by atoms with Gasteiger partial charge in [0.2, 0.25) is 0 Å². The maximum absolute atomic E-state index is 5.60. The van der Waals surface area contributed by atoms with Crippen LogP contribution in [0.3, 0.4) is 0 Å². The van der Waals surface area contributed by atoms with Crippen molar-refractivity contribution in [2.45, 2.75) is 48.0 Å². The summed E-state index contributed by atoms with van der Waals surface area (Å²) < 4.78 is 2.02. The fourth-order valence-electron chi connectivity index (χ4n) is 4.47. The van der Waals surface area contributed by atoms with Crippen molar-refractivity contribution >= 4 is 35.4 Å². The van der Waals surface area contributed by atoms with Crippen LogP contribution in [0.15, 0.2) is 24.3 Å². The molecule has 6 heteroatoms. The Morgan fingerprint density at radius 1 is 0.812 bits per heavy atom. The first-order valence-electron chi connectivity index (χ1n) is 11.0. The zero-order chi connectivity index (χ0) is 24.0. The fraction of sp³-hybridized carbons (Fsp3) is 0.462. The molecule has 1 heterocycles. The summed E-state index contributed by atoms with van der Waals surface area (Å²) in [6.07, 6.45) is 1.01. The van der Waals surface area contributed by atoms with Crippen molar-refractivity contribution < 1.29 is 13.5 Å². The number of hydrogen-bond acceptors (Lipinski definition) is 3. The van der Waals surface area contributed by atoms with Crippen molar-refractivity contribution in [1.82, 2.24) is 4.90 Å². The summed E-state index contributed by atoms with van der Waals surface area (Å²) in [6, 6.07) is 9.12. The molecule has 0 amide bonds. The van der Waals surface area contributed by atoms with Crippen LogP contribution in [0.5, 0.6) is 0 Å². The van der Waals surface area contributed by atoms with E-state index in [-0.39, 0.29) is 0 Å². The van der Waals surface area contributed by atoms with Crippen LogP contribution in [0.25, 0.3) is 0 Å². The van der Waals surface area contributed by atoms with E-state index in [4.69, 9.17) is 19.4 Å². The van der Waals surface area contributed by atoms with Crippen molar-refractivity contribution in [3.05, 3.63) is 64.3 Å². The van der Waals surface area contributed by atoms with Gasteiger partial charge in [0.1, 0.15) is 0 Å². The van der Waals surface area contributed by atoms with Crippen molar-refractivity contribution in [2.75, 3.05) is 43.5 Å². The molecule has 0 unspecified atom stereocenters. The van der Waals surface area contributed by atoms with E-state index in [0.29, 0.717) is 0 Å². The summed E-state index contributed by atoms with van der Waals surface area (Å²) in [5, 5.41) is 0. The number of rotatable bonds is 5. The number of hydrogen-bond donors (Lipinski definition) is 0. The molecular weight excluding hydrogens is 526 g/mol. The summed E-state index contributed by atoms with van der Waals surface area (Å²) in [5.74, 6) is 0. The summed E-state index contributed by atoms with van der Waals surface area (Å²) in [7, 11) is 15.3. The van der Waals surface area contributed by atoms with Crippen LogP contribution >= 0.6 is 19.4 Å². The van der Waals surface area contributed by atoms with Crippen LogP contribution in [0, 0.1) is 48.2 Å². The maximum atomic E-state index is 5.60. The molecule has 1 saturated heterocycles. The average Bonchev–Trinajstić information content (AvgIpc) is 3.08. The largest absolute Gasteiger partial charge is 0.502 e. The minimum absolute atomic E-state index is 1.01. The second-order valence-corrected chi connectivity index (χ2v) is 14.9. The van der Waals surface area contributed by atoms with Crippen molar-refractivity contribution in [3.8, 4) is 0 Å². The molecule has 0 aliphatic carbocycles. The minimum Gasteiger partial charge on any atom is -0.502 e. The van der Waals surface area contributed by atoms with Crippen molar-refractivity contribution in [3.63, 3.8) is 0 Å². The van der Waals surface area contributed by atoms with Gasteiger partial charge in [-0.05, 0) is 63.8 Å². The predicted octanol–water partition coefficient (Wildman–Crippen LogP) is 6.65. The number of anilines is 2. The van der Waals surface area contributed by atoms with E-state index < -0.39 is 13.5 Å². The smallest absolute Gasteiger partial charge is 0.0146 e. The SMILES string of the molecule is CN(C)CC[CH]=[Ru]([Cl])[Cl].Cc1cc(C)c(N2[CH-]N(c3c(C)cc(C)cc3C)CC2)c(C)c1. The summed E-state index contributed by atoms with van der Waals surface area (Å²) in [4.78, 5) is 6.92. The molecule has 180 valence electrons. The molecule has 0 bridgehead atoms. The predicted molar refractivity (Wildman–Crippen MR) is 141 cm³/mol. The van der Waals surface area contributed by atoms with Gasteiger partial charge in [-0.15, -0.1) is 0 Å². The number of halogens is 2. The van der Waals surface area contributed by atoms with Crippen LogP contribution in [0.2, 0.25) is 0 Å². The molecule has 1 aliphatic rings. The van der Waals surface area contributed by atoms with Gasteiger partial charge in [0, 0.05) is 24.5 Å². The molecule has 0 radical (unpaired) electrons. The second kappa shape index (κ2) is 12.5. The minimum atomic E-state index is -1.47. The van der Waals surface area contributed by atoms with Crippen LogP contribution < -0.4 is 9.80 Å². The van der Waals surface area contributed by atoms with Gasteiger partial charge in [0.15, 0.2) is 0 Å². The molecule has 0 atom stereocenters. The van der Waals surface area contributed by atoms with E-state index in [1.54, 1.807) is 0 Å². The third-order valence-electron chi connectivity index (χ3n) is 5.49. The van der Waals surface area contributed by atoms with E-state index >= 15 is 0 Å². The van der Waals surface area contributed by atoms with Crippen molar-refractivity contribution in [1.29, 1.82) is 0 Å². The van der Waals surface area contributed by atoms with Gasteiger partial charge < -0.3 is 9.80 Å². The average molecular weight is 565 g/mol. The van der Waals surface area contributed by atoms with Gasteiger partial charge in [-0.3, -0.25) is 0 Å². The molecule has 2 aromatic rings. The molecule has 32 heavy (non-hydrogen) atoms. The zero-order valence-electron chi connectivity index (χ0n) is 20.7. The molecule has 3 rings (SSSR count). The number of benzene rings is 2. The molecular formula is C26H38Cl2N3Ru-. The quantitative estimate of drug-likeness (QED) is 0.298. The second-order valence-electron chi connectivity index (χ2n) is 8.94. The van der Waals surface area contributed by atoms with E-state index in [1.807, 2.05) is 18.7 Å². The molecule has 1 aliphatic heterocycles. The Balaban J connectivity index is 0.000000344. The molecule has 3 nitrogen and oxygen atoms in total.